The third-order valence-electron chi connectivity index (χ3n) is 8.75. The van der Waals surface area contributed by atoms with E-state index in [0.29, 0.717) is 0 Å². The smallest absolute Gasteiger partial charge is 0.0703 e. The third-order valence-corrected chi connectivity index (χ3v) is 8.75. The Morgan fingerprint density at radius 3 is 1.55 bits per heavy atom. The fourth-order valence-corrected chi connectivity index (χ4v) is 6.74. The van der Waals surface area contributed by atoms with E-state index in [-0.39, 0.29) is 0 Å². The second-order valence-corrected chi connectivity index (χ2v) is 11.3. The van der Waals surface area contributed by atoms with E-state index in [1.807, 2.05) is 12.3 Å². The monoisotopic (exact) mass is 561 g/mol. The highest BCUT2D eigenvalue weighted by Gasteiger charge is 2.18. The molecule has 0 saturated heterocycles. The van der Waals surface area contributed by atoms with E-state index in [4.69, 9.17) is 4.98 Å². The Morgan fingerprint density at radius 2 is 0.909 bits per heavy atom. The van der Waals surface area contributed by atoms with Gasteiger partial charge in [-0.15, -0.1) is 0 Å². The molecule has 0 aliphatic heterocycles. The Labute approximate surface area is 254 Å². The van der Waals surface area contributed by atoms with Crippen molar-refractivity contribution >= 4 is 43.6 Å². The molecule has 6 aromatic carbocycles. The summed E-state index contributed by atoms with van der Waals surface area (Å²) >= 11 is 0. The van der Waals surface area contributed by atoms with Gasteiger partial charge in [0.2, 0.25) is 0 Å². The fraction of sp³-hybridized carbons (Fsp3) is 0. The van der Waals surface area contributed by atoms with Crippen LogP contribution in [0.4, 0.5) is 0 Å². The summed E-state index contributed by atoms with van der Waals surface area (Å²) in [5, 5.41) is 4.97. The molecule has 0 spiro atoms. The van der Waals surface area contributed by atoms with Crippen LogP contribution in [0.1, 0.15) is 0 Å². The number of nitrogens with zero attached hydrogens (tertiary/aromatic N) is 3. The maximum Gasteiger partial charge on any atom is 0.0703 e. The highest BCUT2D eigenvalue weighted by Crippen LogP contribution is 2.40. The molecular formula is C41H27N3. The third kappa shape index (κ3) is 3.80. The average Bonchev–Trinajstić information content (AvgIpc) is 3.60. The minimum atomic E-state index is 0.968. The standard InChI is InChI=1S/C41H27N3/c1-3-12-28(13-4-1)30-16-11-17-31(24-30)43-38-20-9-7-18-33(38)35-25-36-34-19-8-10-21-39(34)44(41(36)26-40(35)43)32-22-23-37(42-27-32)29-14-5-2-6-15-29/h1-27H. The zero-order chi connectivity index (χ0) is 29.0. The van der Waals surface area contributed by atoms with Crippen LogP contribution in [0.3, 0.4) is 0 Å². The zero-order valence-electron chi connectivity index (χ0n) is 23.9. The van der Waals surface area contributed by atoms with Crippen LogP contribution in [0.5, 0.6) is 0 Å². The van der Waals surface area contributed by atoms with E-state index in [1.54, 1.807) is 0 Å². The number of aromatic nitrogens is 3. The van der Waals surface area contributed by atoms with Crippen LogP contribution in [0.15, 0.2) is 164 Å². The van der Waals surface area contributed by atoms with Gasteiger partial charge in [-0.05, 0) is 59.7 Å². The largest absolute Gasteiger partial charge is 0.309 e. The number of hydrogen-bond donors (Lipinski definition) is 0. The molecule has 44 heavy (non-hydrogen) atoms. The molecule has 3 heteroatoms. The Morgan fingerprint density at radius 1 is 0.341 bits per heavy atom. The highest BCUT2D eigenvalue weighted by molar-refractivity contribution is 6.19. The molecular weight excluding hydrogens is 534 g/mol. The van der Waals surface area contributed by atoms with Gasteiger partial charge in [0.05, 0.1) is 39.6 Å². The maximum absolute atomic E-state index is 4.89. The number of pyridine rings is 1. The molecule has 0 N–H and O–H groups in total. The molecule has 0 radical (unpaired) electrons. The summed E-state index contributed by atoms with van der Waals surface area (Å²) in [4.78, 5) is 4.89. The van der Waals surface area contributed by atoms with Crippen LogP contribution in [0, 0.1) is 0 Å². The van der Waals surface area contributed by atoms with E-state index in [2.05, 4.69) is 161 Å². The van der Waals surface area contributed by atoms with Crippen molar-refractivity contribution in [1.29, 1.82) is 0 Å². The van der Waals surface area contributed by atoms with Crippen LogP contribution in [0.2, 0.25) is 0 Å². The van der Waals surface area contributed by atoms with Crippen molar-refractivity contribution in [3.05, 3.63) is 164 Å². The Balaban J connectivity index is 1.32. The molecule has 0 fully saturated rings. The number of benzene rings is 6. The second-order valence-electron chi connectivity index (χ2n) is 11.3. The molecule has 9 rings (SSSR count). The lowest BCUT2D eigenvalue weighted by Gasteiger charge is -2.12. The molecule has 0 amide bonds. The first-order valence-electron chi connectivity index (χ1n) is 15.0. The molecule has 3 aromatic heterocycles. The molecule has 206 valence electrons. The van der Waals surface area contributed by atoms with Gasteiger partial charge in [0.25, 0.3) is 0 Å². The summed E-state index contributed by atoms with van der Waals surface area (Å²) in [6, 6.07) is 56.3. The van der Waals surface area contributed by atoms with Crippen LogP contribution in [-0.4, -0.2) is 14.1 Å². The topological polar surface area (TPSA) is 22.8 Å². The Kier molecular flexibility index (Phi) is 5.50. The maximum atomic E-state index is 4.89. The van der Waals surface area contributed by atoms with E-state index in [0.717, 1.165) is 28.1 Å². The van der Waals surface area contributed by atoms with E-state index >= 15 is 0 Å². The van der Waals surface area contributed by atoms with Gasteiger partial charge in [-0.25, -0.2) is 0 Å². The predicted molar refractivity (Wildman–Crippen MR) is 184 cm³/mol. The summed E-state index contributed by atoms with van der Waals surface area (Å²) in [6.45, 7) is 0. The van der Waals surface area contributed by atoms with Crippen molar-refractivity contribution in [2.45, 2.75) is 0 Å². The second kappa shape index (κ2) is 9.82. The molecule has 0 atom stereocenters. The molecule has 3 nitrogen and oxygen atoms in total. The zero-order valence-corrected chi connectivity index (χ0v) is 23.9. The predicted octanol–water partition coefficient (Wildman–Crippen LogP) is 10.6. The van der Waals surface area contributed by atoms with E-state index in [1.165, 1.54) is 49.2 Å². The van der Waals surface area contributed by atoms with Crippen molar-refractivity contribution in [2.75, 3.05) is 0 Å². The van der Waals surface area contributed by atoms with Gasteiger partial charge in [-0.2, -0.15) is 0 Å². The quantitative estimate of drug-likeness (QED) is 0.210. The van der Waals surface area contributed by atoms with E-state index < -0.39 is 0 Å². The van der Waals surface area contributed by atoms with Crippen LogP contribution in [-0.2, 0) is 0 Å². The number of hydrogen-bond acceptors (Lipinski definition) is 1. The first-order valence-corrected chi connectivity index (χ1v) is 15.0. The molecule has 0 aliphatic carbocycles. The summed E-state index contributed by atoms with van der Waals surface area (Å²) in [7, 11) is 0. The highest BCUT2D eigenvalue weighted by atomic mass is 15.0. The first kappa shape index (κ1) is 24.6. The molecule has 0 aliphatic rings. The van der Waals surface area contributed by atoms with Gasteiger partial charge in [0, 0.05) is 32.8 Å². The minimum Gasteiger partial charge on any atom is -0.309 e. The van der Waals surface area contributed by atoms with Gasteiger partial charge < -0.3 is 9.13 Å². The van der Waals surface area contributed by atoms with Gasteiger partial charge in [0.1, 0.15) is 0 Å². The molecule has 0 unspecified atom stereocenters. The number of fused-ring (bicyclic) bond motifs is 6. The lowest BCUT2D eigenvalue weighted by atomic mass is 10.1. The van der Waals surface area contributed by atoms with Crippen LogP contribution >= 0.6 is 0 Å². The van der Waals surface area contributed by atoms with Crippen molar-refractivity contribution in [3.63, 3.8) is 0 Å². The summed E-state index contributed by atoms with van der Waals surface area (Å²) < 4.78 is 4.77. The van der Waals surface area contributed by atoms with Crippen molar-refractivity contribution < 1.29 is 0 Å². The van der Waals surface area contributed by atoms with Gasteiger partial charge >= 0.3 is 0 Å². The van der Waals surface area contributed by atoms with Gasteiger partial charge in [0.15, 0.2) is 0 Å². The van der Waals surface area contributed by atoms with Crippen LogP contribution in [0.25, 0.3) is 77.4 Å². The summed E-state index contributed by atoms with van der Waals surface area (Å²) in [6.07, 6.45) is 2.00. The van der Waals surface area contributed by atoms with Crippen LogP contribution < -0.4 is 0 Å². The fourth-order valence-electron chi connectivity index (χ4n) is 6.74. The molecule has 9 aromatic rings. The van der Waals surface area contributed by atoms with E-state index in [9.17, 15) is 0 Å². The molecule has 0 bridgehead atoms. The summed E-state index contributed by atoms with van der Waals surface area (Å²) in [5.41, 5.74) is 11.4. The number of rotatable bonds is 4. The Hall–Kier alpha value is -5.93. The van der Waals surface area contributed by atoms with Crippen molar-refractivity contribution in [2.24, 2.45) is 0 Å². The molecule has 0 saturated carbocycles. The van der Waals surface area contributed by atoms with Crippen molar-refractivity contribution in [3.8, 4) is 33.8 Å². The lowest BCUT2D eigenvalue weighted by Crippen LogP contribution is -1.97. The average molecular weight is 562 g/mol. The Bertz CT molecular complexity index is 2470. The minimum absolute atomic E-state index is 0.968. The lowest BCUT2D eigenvalue weighted by molar-refractivity contribution is 1.14. The van der Waals surface area contributed by atoms with Gasteiger partial charge in [-0.3, -0.25) is 4.98 Å². The first-order chi connectivity index (χ1) is 21.8. The normalized spacial score (nSPS) is 11.6. The number of para-hydroxylation sites is 2. The summed E-state index contributed by atoms with van der Waals surface area (Å²) in [5.74, 6) is 0. The molecule has 3 heterocycles. The van der Waals surface area contributed by atoms with Crippen molar-refractivity contribution in [1.82, 2.24) is 14.1 Å². The SMILES string of the molecule is c1ccc(-c2cccc(-n3c4ccccc4c4cc5c6ccccc6n(-c6ccc(-c7ccccc7)nc6)c5cc43)c2)cc1. The van der Waals surface area contributed by atoms with Gasteiger partial charge in [-0.1, -0.05) is 109 Å².